The molecular weight excluding hydrogens is 424 g/mol. The van der Waals surface area contributed by atoms with Crippen molar-refractivity contribution >= 4 is 17.8 Å². The van der Waals surface area contributed by atoms with Gasteiger partial charge in [0, 0.05) is 6.08 Å². The van der Waals surface area contributed by atoms with Crippen molar-refractivity contribution in [2.24, 2.45) is 0 Å². The van der Waals surface area contributed by atoms with Crippen LogP contribution in [0.15, 0.2) is 30.4 Å². The van der Waals surface area contributed by atoms with Crippen molar-refractivity contribution in [2.45, 2.75) is 31.2 Å². The zero-order chi connectivity index (χ0) is 23.1. The molecule has 0 saturated heterocycles. The third-order valence-electron chi connectivity index (χ3n) is 3.66. The lowest BCUT2D eigenvalue weighted by atomic mass is 10.0. The summed E-state index contributed by atoms with van der Waals surface area (Å²) in [7, 11) is 2.12. The molecule has 1 amide bonds. The molecule has 1 aromatic rings. The molecule has 0 fully saturated rings. The number of rotatable bonds is 7. The number of hydrogen-bond acceptors (Lipinski definition) is 5. The Hall–Kier alpha value is -3.05. The van der Waals surface area contributed by atoms with Crippen molar-refractivity contribution in [1.29, 1.82) is 0 Å². The third-order valence-corrected chi connectivity index (χ3v) is 3.66. The van der Waals surface area contributed by atoms with Gasteiger partial charge in [-0.05, 0) is 30.2 Å². The highest BCUT2D eigenvalue weighted by Gasteiger charge is 2.37. The normalized spacial score (nSPS) is 13.1. The molecule has 6 nitrogen and oxygen atoms in total. The molecular formula is C18H17F6NO5. The Morgan fingerprint density at radius 1 is 0.967 bits per heavy atom. The fourth-order valence-corrected chi connectivity index (χ4v) is 2.28. The molecule has 0 unspecified atom stereocenters. The van der Waals surface area contributed by atoms with Gasteiger partial charge in [0.05, 0.1) is 31.8 Å². The van der Waals surface area contributed by atoms with Gasteiger partial charge >= 0.3 is 24.3 Å². The molecule has 1 N–H and O–H groups in total. The fourth-order valence-electron chi connectivity index (χ4n) is 2.28. The summed E-state index contributed by atoms with van der Waals surface area (Å²) in [6, 6.07) is -0.551. The van der Waals surface area contributed by atoms with Crippen molar-refractivity contribution in [3.63, 3.8) is 0 Å². The smallest absolute Gasteiger partial charge is 0.416 e. The van der Waals surface area contributed by atoms with E-state index in [9.17, 15) is 40.7 Å². The maximum atomic E-state index is 12.9. The van der Waals surface area contributed by atoms with Crippen LogP contribution >= 0.6 is 0 Å². The van der Waals surface area contributed by atoms with E-state index in [0.717, 1.165) is 20.3 Å². The molecule has 0 aliphatic rings. The molecule has 1 aromatic carbocycles. The molecule has 0 aromatic heterocycles. The second-order valence-electron chi connectivity index (χ2n) is 5.90. The van der Waals surface area contributed by atoms with E-state index in [0.29, 0.717) is 12.1 Å². The second-order valence-corrected chi connectivity index (χ2v) is 5.90. The molecule has 1 atom stereocenters. The monoisotopic (exact) mass is 441 g/mol. The highest BCUT2D eigenvalue weighted by Crippen LogP contribution is 2.36. The number of hydrogen-bond donors (Lipinski definition) is 1. The number of benzene rings is 1. The maximum absolute atomic E-state index is 12.9. The highest BCUT2D eigenvalue weighted by molar-refractivity contribution is 5.86. The largest absolute Gasteiger partial charge is 0.467 e. The summed E-state index contributed by atoms with van der Waals surface area (Å²) in [5.41, 5.74) is -3.68. The number of alkyl halides is 6. The number of ether oxygens (including phenoxy) is 2. The number of carbonyl (C=O) groups is 3. The van der Waals surface area contributed by atoms with Crippen molar-refractivity contribution < 1.29 is 50.2 Å². The first-order valence-electron chi connectivity index (χ1n) is 8.18. The molecule has 0 aliphatic carbocycles. The lowest BCUT2D eigenvalue weighted by Crippen LogP contribution is -2.42. The minimum absolute atomic E-state index is 0.0593. The van der Waals surface area contributed by atoms with Gasteiger partial charge in [0.15, 0.2) is 0 Å². The molecule has 0 radical (unpaired) electrons. The van der Waals surface area contributed by atoms with Gasteiger partial charge in [-0.3, -0.25) is 4.79 Å². The van der Waals surface area contributed by atoms with Crippen LogP contribution in [-0.2, 0) is 42.6 Å². The number of nitrogens with one attached hydrogen (secondary N) is 1. The predicted molar refractivity (Wildman–Crippen MR) is 89.9 cm³/mol. The first kappa shape index (κ1) is 25.0. The van der Waals surface area contributed by atoms with Crippen LogP contribution in [0.2, 0.25) is 0 Å². The lowest BCUT2D eigenvalue weighted by Gasteiger charge is -2.16. The van der Waals surface area contributed by atoms with Crippen LogP contribution in [0, 0.1) is 0 Å². The summed E-state index contributed by atoms with van der Waals surface area (Å²) >= 11 is 0. The van der Waals surface area contributed by atoms with E-state index in [4.69, 9.17) is 0 Å². The number of amides is 1. The summed E-state index contributed by atoms with van der Waals surface area (Å²) < 4.78 is 86.2. The summed E-state index contributed by atoms with van der Waals surface area (Å²) in [4.78, 5) is 34.9. The molecule has 12 heteroatoms. The minimum Gasteiger partial charge on any atom is -0.467 e. The zero-order valence-electron chi connectivity index (χ0n) is 15.7. The van der Waals surface area contributed by atoms with Gasteiger partial charge in [-0.1, -0.05) is 6.08 Å². The summed E-state index contributed by atoms with van der Waals surface area (Å²) in [6.45, 7) is 0. The minimum atomic E-state index is -5.06. The van der Waals surface area contributed by atoms with Crippen LogP contribution in [0.1, 0.15) is 23.1 Å². The van der Waals surface area contributed by atoms with Gasteiger partial charge in [-0.25, -0.2) is 9.59 Å². The van der Waals surface area contributed by atoms with Gasteiger partial charge in [0.2, 0.25) is 5.91 Å². The summed E-state index contributed by atoms with van der Waals surface area (Å²) in [5.74, 6) is -2.70. The molecule has 0 aliphatic heterocycles. The van der Waals surface area contributed by atoms with E-state index in [1.54, 1.807) is 0 Å². The van der Waals surface area contributed by atoms with Crippen LogP contribution in [0.25, 0.3) is 0 Å². The SMILES string of the molecule is COC(=O)/C=C/C[C@@H](NC(=O)Cc1cc(C(F)(F)F)cc(C(F)(F)F)c1)C(=O)OC. The fraction of sp³-hybridized carbons (Fsp3) is 0.389. The number of esters is 2. The average Bonchev–Trinajstić information content (AvgIpc) is 2.64. The Morgan fingerprint density at radius 2 is 1.50 bits per heavy atom. The Labute approximate surface area is 166 Å². The Morgan fingerprint density at radius 3 is 1.93 bits per heavy atom. The van der Waals surface area contributed by atoms with Gasteiger partial charge in [-0.2, -0.15) is 26.3 Å². The van der Waals surface area contributed by atoms with Gasteiger partial charge in [0.25, 0.3) is 0 Å². The van der Waals surface area contributed by atoms with Gasteiger partial charge < -0.3 is 14.8 Å². The van der Waals surface area contributed by atoms with Crippen LogP contribution in [0.3, 0.4) is 0 Å². The molecule has 166 valence electrons. The van der Waals surface area contributed by atoms with Crippen molar-refractivity contribution in [1.82, 2.24) is 5.32 Å². The maximum Gasteiger partial charge on any atom is 0.416 e. The number of halogens is 6. The second kappa shape index (κ2) is 10.1. The first-order chi connectivity index (χ1) is 13.8. The Kier molecular flexibility index (Phi) is 8.43. The zero-order valence-corrected chi connectivity index (χ0v) is 15.7. The molecule has 0 heterocycles. The quantitative estimate of drug-likeness (QED) is 0.400. The van der Waals surface area contributed by atoms with E-state index in [-0.39, 0.29) is 12.5 Å². The van der Waals surface area contributed by atoms with Crippen molar-refractivity contribution in [2.75, 3.05) is 14.2 Å². The van der Waals surface area contributed by atoms with E-state index in [1.165, 1.54) is 6.08 Å². The van der Waals surface area contributed by atoms with E-state index < -0.39 is 59.4 Å². The average molecular weight is 441 g/mol. The van der Waals surface area contributed by atoms with Crippen LogP contribution in [0.4, 0.5) is 26.3 Å². The standard InChI is InChI=1S/C18H17F6NO5/c1-29-15(27)5-3-4-13(16(28)30-2)25-14(26)8-10-6-11(17(19,20)21)9-12(7-10)18(22,23)24/h3,5-7,9,13H,4,8H2,1-2H3,(H,25,26)/b5-3+/t13-/m1/s1. The first-order valence-corrected chi connectivity index (χ1v) is 8.18. The molecule has 0 bridgehead atoms. The molecule has 0 saturated carbocycles. The molecule has 1 rings (SSSR count). The van der Waals surface area contributed by atoms with Crippen LogP contribution in [-0.4, -0.2) is 38.1 Å². The third kappa shape index (κ3) is 7.76. The topological polar surface area (TPSA) is 81.7 Å². The van der Waals surface area contributed by atoms with Crippen LogP contribution < -0.4 is 5.32 Å². The summed E-state index contributed by atoms with van der Waals surface area (Å²) in [6.07, 6.45) is -9.06. The number of methoxy groups -OCH3 is 2. The number of carbonyl (C=O) groups excluding carboxylic acids is 3. The van der Waals surface area contributed by atoms with E-state index in [2.05, 4.69) is 14.8 Å². The van der Waals surface area contributed by atoms with E-state index >= 15 is 0 Å². The van der Waals surface area contributed by atoms with Gasteiger partial charge in [0.1, 0.15) is 6.04 Å². The Bertz CT molecular complexity index is 784. The van der Waals surface area contributed by atoms with Crippen molar-refractivity contribution in [3.05, 3.63) is 47.0 Å². The highest BCUT2D eigenvalue weighted by atomic mass is 19.4. The Balaban J connectivity index is 3.04. The molecule has 30 heavy (non-hydrogen) atoms. The van der Waals surface area contributed by atoms with Gasteiger partial charge in [-0.15, -0.1) is 0 Å². The van der Waals surface area contributed by atoms with Crippen LogP contribution in [0.5, 0.6) is 0 Å². The molecule has 0 spiro atoms. The van der Waals surface area contributed by atoms with Crippen molar-refractivity contribution in [3.8, 4) is 0 Å². The lowest BCUT2D eigenvalue weighted by molar-refractivity contribution is -0.145. The summed E-state index contributed by atoms with van der Waals surface area (Å²) in [5, 5.41) is 2.15. The predicted octanol–water partition coefficient (Wildman–Crippen LogP) is 3.04. The van der Waals surface area contributed by atoms with E-state index in [1.807, 2.05) is 0 Å².